The summed E-state index contributed by atoms with van der Waals surface area (Å²) in [7, 11) is 0. The van der Waals surface area contributed by atoms with Crippen molar-refractivity contribution in [2.45, 2.75) is 18.9 Å². The molecule has 2 heterocycles. The Morgan fingerprint density at radius 3 is 3.12 bits per heavy atom. The van der Waals surface area contributed by atoms with Crippen LogP contribution in [-0.4, -0.2) is 31.2 Å². The molecule has 0 spiro atoms. The van der Waals surface area contributed by atoms with Gasteiger partial charge in [0.15, 0.2) is 11.5 Å². The Balaban J connectivity index is 1.97. The Morgan fingerprint density at radius 2 is 2.31 bits per heavy atom. The van der Waals surface area contributed by atoms with E-state index in [2.05, 4.69) is 15.0 Å². The summed E-state index contributed by atoms with van der Waals surface area (Å²) in [6.45, 7) is 0.241. The summed E-state index contributed by atoms with van der Waals surface area (Å²) in [6.07, 6.45) is 5.14. The molecule has 2 aromatic heterocycles. The number of anilines is 1. The van der Waals surface area contributed by atoms with Gasteiger partial charge in [-0.05, 0) is 18.8 Å². The Hall–Kier alpha value is -1.69. The van der Waals surface area contributed by atoms with Crippen molar-refractivity contribution in [2.24, 2.45) is 5.92 Å². The molecule has 0 saturated heterocycles. The molecule has 6 nitrogen and oxygen atoms in total. The van der Waals surface area contributed by atoms with E-state index in [1.165, 1.54) is 6.33 Å². The van der Waals surface area contributed by atoms with Crippen molar-refractivity contribution in [3.63, 3.8) is 0 Å². The topological polar surface area (TPSA) is 89.9 Å². The predicted molar refractivity (Wildman–Crippen MR) is 58.6 cm³/mol. The number of nitrogens with zero attached hydrogens (tertiary/aromatic N) is 4. The van der Waals surface area contributed by atoms with Crippen LogP contribution >= 0.6 is 0 Å². The molecule has 2 aromatic rings. The van der Waals surface area contributed by atoms with Gasteiger partial charge in [0.2, 0.25) is 0 Å². The van der Waals surface area contributed by atoms with Crippen LogP contribution in [0.4, 0.5) is 5.82 Å². The molecule has 0 aliphatic heterocycles. The molecule has 6 heteroatoms. The standard InChI is InChI=1S/C10H13N5O/c11-9-8-10(13-4-12-9)15(5-14-8)7-3-6(7)1-2-16/h4-7,16H,1-3H2,(H2,11,12,13). The van der Waals surface area contributed by atoms with Gasteiger partial charge < -0.3 is 15.4 Å². The summed E-state index contributed by atoms with van der Waals surface area (Å²) in [5.74, 6) is 0.960. The number of nitrogen functional groups attached to an aromatic ring is 1. The molecule has 84 valence electrons. The van der Waals surface area contributed by atoms with Crippen LogP contribution in [0.25, 0.3) is 11.2 Å². The lowest BCUT2D eigenvalue weighted by atomic mass is 10.3. The minimum absolute atomic E-state index is 0.241. The van der Waals surface area contributed by atoms with E-state index in [9.17, 15) is 0 Å². The van der Waals surface area contributed by atoms with E-state index in [-0.39, 0.29) is 6.61 Å². The lowest BCUT2D eigenvalue weighted by molar-refractivity contribution is 0.277. The van der Waals surface area contributed by atoms with E-state index in [1.807, 2.05) is 4.57 Å². The van der Waals surface area contributed by atoms with Crippen LogP contribution in [0.5, 0.6) is 0 Å². The molecule has 1 aliphatic rings. The maximum absolute atomic E-state index is 8.88. The lowest BCUT2D eigenvalue weighted by Crippen LogP contribution is -1.99. The second kappa shape index (κ2) is 3.41. The molecule has 2 atom stereocenters. The number of imidazole rings is 1. The maximum atomic E-state index is 8.88. The summed E-state index contributed by atoms with van der Waals surface area (Å²) in [5, 5.41) is 8.88. The molecule has 1 aliphatic carbocycles. The van der Waals surface area contributed by atoms with E-state index in [0.29, 0.717) is 23.3 Å². The van der Waals surface area contributed by atoms with Gasteiger partial charge in [0.1, 0.15) is 11.8 Å². The molecule has 0 radical (unpaired) electrons. The second-order valence-corrected chi connectivity index (χ2v) is 4.16. The van der Waals surface area contributed by atoms with Gasteiger partial charge in [0, 0.05) is 12.6 Å². The third-order valence-corrected chi connectivity index (χ3v) is 3.13. The maximum Gasteiger partial charge on any atom is 0.165 e. The fourth-order valence-electron chi connectivity index (χ4n) is 2.16. The van der Waals surface area contributed by atoms with E-state index >= 15 is 0 Å². The fraction of sp³-hybridized carbons (Fsp3) is 0.500. The first-order chi connectivity index (χ1) is 7.81. The number of aliphatic hydroxyl groups excluding tert-OH is 1. The molecular formula is C10H13N5O. The predicted octanol–water partition coefficient (Wildman–Crippen LogP) is 0.352. The Kier molecular flexibility index (Phi) is 2.03. The largest absolute Gasteiger partial charge is 0.396 e. The van der Waals surface area contributed by atoms with Gasteiger partial charge in [-0.15, -0.1) is 0 Å². The van der Waals surface area contributed by atoms with Gasteiger partial charge in [0.25, 0.3) is 0 Å². The van der Waals surface area contributed by atoms with E-state index in [4.69, 9.17) is 10.8 Å². The van der Waals surface area contributed by atoms with Gasteiger partial charge >= 0.3 is 0 Å². The van der Waals surface area contributed by atoms with E-state index in [0.717, 1.165) is 18.5 Å². The molecule has 1 fully saturated rings. The average Bonchev–Trinajstić information content (AvgIpc) is 2.89. The van der Waals surface area contributed by atoms with Crippen molar-refractivity contribution in [2.75, 3.05) is 12.3 Å². The molecule has 3 N–H and O–H groups in total. The number of hydrogen-bond acceptors (Lipinski definition) is 5. The van der Waals surface area contributed by atoms with E-state index in [1.54, 1.807) is 6.33 Å². The van der Waals surface area contributed by atoms with Crippen molar-refractivity contribution in [1.82, 2.24) is 19.5 Å². The normalized spacial score (nSPS) is 23.8. The molecule has 16 heavy (non-hydrogen) atoms. The minimum Gasteiger partial charge on any atom is -0.396 e. The fourth-order valence-corrected chi connectivity index (χ4v) is 2.16. The zero-order valence-electron chi connectivity index (χ0n) is 8.74. The highest BCUT2D eigenvalue weighted by Gasteiger charge is 2.38. The monoisotopic (exact) mass is 219 g/mol. The summed E-state index contributed by atoms with van der Waals surface area (Å²) in [4.78, 5) is 12.3. The second-order valence-electron chi connectivity index (χ2n) is 4.16. The molecule has 0 bridgehead atoms. The van der Waals surface area contributed by atoms with Gasteiger partial charge in [-0.25, -0.2) is 15.0 Å². The van der Waals surface area contributed by atoms with E-state index < -0.39 is 0 Å². The number of aromatic nitrogens is 4. The zero-order valence-corrected chi connectivity index (χ0v) is 8.74. The number of rotatable bonds is 3. The SMILES string of the molecule is Nc1ncnc2c1ncn2C1CC1CCO. The Labute approximate surface area is 92.1 Å². The highest BCUT2D eigenvalue weighted by atomic mass is 16.3. The van der Waals surface area contributed by atoms with Gasteiger partial charge in [-0.3, -0.25) is 0 Å². The molecule has 2 unspecified atom stereocenters. The smallest absolute Gasteiger partial charge is 0.165 e. The summed E-state index contributed by atoms with van der Waals surface area (Å²) in [6, 6.07) is 0.409. The molecule has 3 rings (SSSR count). The van der Waals surface area contributed by atoms with Crippen molar-refractivity contribution in [3.05, 3.63) is 12.7 Å². The Morgan fingerprint density at radius 1 is 1.44 bits per heavy atom. The molecule has 1 saturated carbocycles. The van der Waals surface area contributed by atoms with Crippen molar-refractivity contribution < 1.29 is 5.11 Å². The summed E-state index contributed by atoms with van der Waals surface area (Å²) >= 11 is 0. The number of nitrogens with two attached hydrogens (primary N) is 1. The van der Waals surface area contributed by atoms with Crippen molar-refractivity contribution >= 4 is 17.0 Å². The first kappa shape index (κ1) is 9.53. The third kappa shape index (κ3) is 1.34. The number of fused-ring (bicyclic) bond motifs is 1. The van der Waals surface area contributed by atoms with Crippen LogP contribution in [0.3, 0.4) is 0 Å². The highest BCUT2D eigenvalue weighted by molar-refractivity contribution is 5.81. The van der Waals surface area contributed by atoms with Crippen LogP contribution in [0.2, 0.25) is 0 Å². The van der Waals surface area contributed by atoms with Gasteiger partial charge in [0.05, 0.1) is 6.33 Å². The van der Waals surface area contributed by atoms with Crippen molar-refractivity contribution in [1.29, 1.82) is 0 Å². The molecule has 0 amide bonds. The van der Waals surface area contributed by atoms with Crippen LogP contribution in [0, 0.1) is 5.92 Å². The Bertz CT molecular complexity index is 523. The van der Waals surface area contributed by atoms with Crippen molar-refractivity contribution in [3.8, 4) is 0 Å². The summed E-state index contributed by atoms with van der Waals surface area (Å²) < 4.78 is 2.04. The van der Waals surface area contributed by atoms with Crippen LogP contribution < -0.4 is 5.73 Å². The minimum atomic E-state index is 0.241. The number of aliphatic hydroxyl groups is 1. The molecule has 0 aromatic carbocycles. The van der Waals surface area contributed by atoms with Gasteiger partial charge in [-0.1, -0.05) is 0 Å². The average molecular weight is 219 g/mol. The first-order valence-corrected chi connectivity index (χ1v) is 5.35. The van der Waals surface area contributed by atoms with Crippen LogP contribution in [0.1, 0.15) is 18.9 Å². The third-order valence-electron chi connectivity index (χ3n) is 3.13. The van der Waals surface area contributed by atoms with Crippen LogP contribution in [-0.2, 0) is 0 Å². The lowest BCUT2D eigenvalue weighted by Gasteiger charge is -2.01. The first-order valence-electron chi connectivity index (χ1n) is 5.35. The highest BCUT2D eigenvalue weighted by Crippen LogP contribution is 2.46. The number of hydrogen-bond donors (Lipinski definition) is 2. The molecular weight excluding hydrogens is 206 g/mol. The zero-order chi connectivity index (χ0) is 11.1. The van der Waals surface area contributed by atoms with Gasteiger partial charge in [-0.2, -0.15) is 0 Å². The summed E-state index contributed by atoms with van der Waals surface area (Å²) in [5.41, 5.74) is 7.17. The quantitative estimate of drug-likeness (QED) is 0.777. The van der Waals surface area contributed by atoms with Crippen LogP contribution in [0.15, 0.2) is 12.7 Å².